The zero-order chi connectivity index (χ0) is 18.0. The van der Waals surface area contributed by atoms with Crippen LogP contribution in [0.1, 0.15) is 53.1 Å². The summed E-state index contributed by atoms with van der Waals surface area (Å²) in [5.74, 6) is 0. The summed E-state index contributed by atoms with van der Waals surface area (Å²) in [5.41, 5.74) is 5.45. The highest BCUT2D eigenvalue weighted by Gasteiger charge is 2.24. The third-order valence-corrected chi connectivity index (χ3v) is 4.29. The summed E-state index contributed by atoms with van der Waals surface area (Å²) in [7, 11) is 0. The van der Waals surface area contributed by atoms with Gasteiger partial charge in [0, 0.05) is 5.02 Å². The van der Waals surface area contributed by atoms with Crippen LogP contribution in [0.15, 0.2) is 60.2 Å². The van der Waals surface area contributed by atoms with Crippen molar-refractivity contribution in [2.75, 3.05) is 13.1 Å². The van der Waals surface area contributed by atoms with Gasteiger partial charge in [-0.25, -0.2) is 0 Å². The lowest BCUT2D eigenvalue weighted by Crippen LogP contribution is -2.30. The van der Waals surface area contributed by atoms with Gasteiger partial charge in [-0.15, -0.1) is 13.2 Å². The van der Waals surface area contributed by atoms with Crippen LogP contribution in [0.5, 0.6) is 0 Å². The number of halogens is 1. The molecular formula is C21H32ClN. The van der Waals surface area contributed by atoms with Crippen LogP contribution in [0.3, 0.4) is 0 Å². The number of nitrogens with zero attached hydrogens (tertiary/aromatic N) is 1. The van der Waals surface area contributed by atoms with E-state index in [0.29, 0.717) is 6.04 Å². The highest BCUT2D eigenvalue weighted by Crippen LogP contribution is 2.35. The van der Waals surface area contributed by atoms with E-state index in [1.165, 1.54) is 22.3 Å². The van der Waals surface area contributed by atoms with Gasteiger partial charge in [-0.3, -0.25) is 4.90 Å². The average Bonchev–Trinajstić information content (AvgIpc) is 2.57. The summed E-state index contributed by atoms with van der Waals surface area (Å²) in [4.78, 5) is 2.50. The van der Waals surface area contributed by atoms with E-state index in [4.69, 9.17) is 11.6 Å². The summed E-state index contributed by atoms with van der Waals surface area (Å²) in [6.07, 6.45) is 2.20. The monoisotopic (exact) mass is 333 g/mol. The fourth-order valence-corrected chi connectivity index (χ4v) is 2.96. The minimum absolute atomic E-state index is 0.290. The number of likely N-dealkylation sites (N-methyl/N-ethyl adjacent to an activating group) is 1. The van der Waals surface area contributed by atoms with Gasteiger partial charge < -0.3 is 0 Å². The second-order valence-corrected chi connectivity index (χ2v) is 6.00. The van der Waals surface area contributed by atoms with Gasteiger partial charge in [0.15, 0.2) is 0 Å². The van der Waals surface area contributed by atoms with Crippen LogP contribution >= 0.6 is 11.6 Å². The second-order valence-electron chi connectivity index (χ2n) is 5.56. The lowest BCUT2D eigenvalue weighted by molar-refractivity contribution is 0.248. The third kappa shape index (κ3) is 6.01. The maximum absolute atomic E-state index is 6.06. The van der Waals surface area contributed by atoms with E-state index in [1.807, 2.05) is 12.1 Å². The van der Waals surface area contributed by atoms with Crippen LogP contribution < -0.4 is 0 Å². The molecule has 0 bridgehead atoms. The minimum atomic E-state index is 0.290. The van der Waals surface area contributed by atoms with Gasteiger partial charge in [0.2, 0.25) is 0 Å². The van der Waals surface area contributed by atoms with Crippen LogP contribution in [-0.2, 0) is 0 Å². The number of hydrogen-bond acceptors (Lipinski definition) is 1. The Balaban J connectivity index is 0.00000232. The molecule has 23 heavy (non-hydrogen) atoms. The molecule has 0 radical (unpaired) electrons. The Kier molecular flexibility index (Phi) is 10.6. The zero-order valence-electron chi connectivity index (χ0n) is 15.6. The number of rotatable bonds is 6. The van der Waals surface area contributed by atoms with Gasteiger partial charge in [-0.05, 0) is 64.1 Å². The van der Waals surface area contributed by atoms with E-state index in [1.54, 1.807) is 0 Å². The Labute approximate surface area is 148 Å². The van der Waals surface area contributed by atoms with Crippen LogP contribution in [0.25, 0.3) is 0 Å². The summed E-state index contributed by atoms with van der Waals surface area (Å²) in [6.45, 7) is 21.2. The molecule has 0 spiro atoms. The molecule has 1 aromatic rings. The molecule has 1 aromatic carbocycles. The van der Waals surface area contributed by atoms with Crippen molar-refractivity contribution in [3.8, 4) is 0 Å². The van der Waals surface area contributed by atoms with Crippen molar-refractivity contribution in [3.05, 3.63) is 70.8 Å². The van der Waals surface area contributed by atoms with Crippen molar-refractivity contribution >= 4 is 11.6 Å². The van der Waals surface area contributed by atoms with Crippen molar-refractivity contribution in [3.63, 3.8) is 0 Å². The van der Waals surface area contributed by atoms with Crippen LogP contribution in [0.4, 0.5) is 0 Å². The Hall–Kier alpha value is -1.31. The fraction of sp³-hybridized carbons (Fsp3) is 0.429. The molecule has 2 heteroatoms. The molecule has 0 saturated carbocycles. The maximum atomic E-state index is 6.06. The molecule has 128 valence electrons. The molecule has 0 fully saturated rings. The number of hydrogen-bond donors (Lipinski definition) is 0. The standard InChI is InChI=1S/C19H28ClN.C2H4/c1-7-15(6)18(14(4)5)19(21(8-2)9-3)16-10-12-17(20)13-11-16;1-2/h7,10-13,19H,8-9H2,1-6H3;1-2H2/b15-7-;. The first-order valence-electron chi connectivity index (χ1n) is 8.26. The molecule has 0 aliphatic carbocycles. The molecule has 1 rings (SSSR count). The Morgan fingerprint density at radius 2 is 1.57 bits per heavy atom. The molecule has 1 atom stereocenters. The molecule has 1 unspecified atom stereocenters. The second kappa shape index (κ2) is 11.3. The van der Waals surface area contributed by atoms with Crippen LogP contribution in [0.2, 0.25) is 5.02 Å². The number of allylic oxidation sites excluding steroid dienone is 2. The summed E-state index contributed by atoms with van der Waals surface area (Å²) < 4.78 is 0. The van der Waals surface area contributed by atoms with E-state index in [9.17, 15) is 0 Å². The molecule has 0 amide bonds. The van der Waals surface area contributed by atoms with Crippen molar-refractivity contribution in [2.24, 2.45) is 0 Å². The first kappa shape index (κ1) is 21.7. The summed E-state index contributed by atoms with van der Waals surface area (Å²) in [6, 6.07) is 8.56. The molecular weight excluding hydrogens is 302 g/mol. The molecule has 0 aromatic heterocycles. The predicted molar refractivity (Wildman–Crippen MR) is 106 cm³/mol. The lowest BCUT2D eigenvalue weighted by Gasteiger charge is -2.34. The van der Waals surface area contributed by atoms with E-state index in [2.05, 4.69) is 77.8 Å². The third-order valence-electron chi connectivity index (χ3n) is 4.03. The largest absolute Gasteiger partial charge is 0.293 e. The first-order valence-corrected chi connectivity index (χ1v) is 8.64. The normalized spacial score (nSPS) is 12.4. The molecule has 0 aliphatic heterocycles. The Morgan fingerprint density at radius 3 is 1.91 bits per heavy atom. The van der Waals surface area contributed by atoms with Crippen LogP contribution in [0, 0.1) is 0 Å². The van der Waals surface area contributed by atoms with Crippen molar-refractivity contribution in [1.29, 1.82) is 0 Å². The molecule has 1 nitrogen and oxygen atoms in total. The summed E-state index contributed by atoms with van der Waals surface area (Å²) >= 11 is 6.06. The van der Waals surface area contributed by atoms with E-state index >= 15 is 0 Å². The highest BCUT2D eigenvalue weighted by molar-refractivity contribution is 6.30. The topological polar surface area (TPSA) is 3.24 Å². The predicted octanol–water partition coefficient (Wildman–Crippen LogP) is 6.83. The Bertz CT molecular complexity index is 517. The van der Waals surface area contributed by atoms with Gasteiger partial charge in [-0.2, -0.15) is 0 Å². The highest BCUT2D eigenvalue weighted by atomic mass is 35.5. The molecule has 0 N–H and O–H groups in total. The SMILES string of the molecule is C/C=C(/C)C(=C(C)C)C(c1ccc(Cl)cc1)N(CC)CC.C=C. The van der Waals surface area contributed by atoms with Crippen molar-refractivity contribution in [1.82, 2.24) is 4.90 Å². The molecule has 0 heterocycles. The van der Waals surface area contributed by atoms with Gasteiger partial charge in [0.25, 0.3) is 0 Å². The van der Waals surface area contributed by atoms with Gasteiger partial charge in [-0.1, -0.05) is 54.8 Å². The zero-order valence-corrected chi connectivity index (χ0v) is 16.4. The van der Waals surface area contributed by atoms with Gasteiger partial charge in [0.1, 0.15) is 0 Å². The van der Waals surface area contributed by atoms with E-state index in [-0.39, 0.29) is 0 Å². The number of benzene rings is 1. The quantitative estimate of drug-likeness (QED) is 0.407. The first-order chi connectivity index (χ1) is 11.0. The molecule has 0 saturated heterocycles. The molecule has 0 aliphatic rings. The van der Waals surface area contributed by atoms with Gasteiger partial charge >= 0.3 is 0 Å². The van der Waals surface area contributed by atoms with E-state index < -0.39 is 0 Å². The summed E-state index contributed by atoms with van der Waals surface area (Å²) in [5, 5.41) is 0.790. The Morgan fingerprint density at radius 1 is 1.09 bits per heavy atom. The minimum Gasteiger partial charge on any atom is -0.293 e. The van der Waals surface area contributed by atoms with Gasteiger partial charge in [0.05, 0.1) is 6.04 Å². The van der Waals surface area contributed by atoms with Crippen LogP contribution in [-0.4, -0.2) is 18.0 Å². The average molecular weight is 334 g/mol. The smallest absolute Gasteiger partial charge is 0.0603 e. The van der Waals surface area contributed by atoms with E-state index in [0.717, 1.165) is 18.1 Å². The maximum Gasteiger partial charge on any atom is 0.0603 e. The van der Waals surface area contributed by atoms with Crippen molar-refractivity contribution in [2.45, 2.75) is 47.6 Å². The fourth-order valence-electron chi connectivity index (χ4n) is 2.83. The lowest BCUT2D eigenvalue weighted by atomic mass is 9.89. The van der Waals surface area contributed by atoms with Crippen molar-refractivity contribution < 1.29 is 0 Å².